The minimum absolute atomic E-state index is 0.0138. The van der Waals surface area contributed by atoms with Gasteiger partial charge in [0.1, 0.15) is 11.5 Å². The SMILES string of the molecule is O=C(O[Si](OC(=O)c1ccc(O)cc1)(c1ccccc1)c1ccccc1)c1ccc(O)cc1. The fourth-order valence-electron chi connectivity index (χ4n) is 3.31. The standard InChI is InChI=1S/C26H20O6Si/c27-21-15-11-19(12-16-21)25(29)31-33(23-7-3-1-4-8-23,24-9-5-2-6-10-24)32-26(30)20-13-17-22(28)18-14-20/h1-18,27-28H. The number of phenolic OH excluding ortho intramolecular Hbond substituents is 2. The first-order chi connectivity index (χ1) is 16.0. The van der Waals surface area contributed by atoms with Crippen molar-refractivity contribution in [2.45, 2.75) is 0 Å². The Morgan fingerprint density at radius 2 is 0.848 bits per heavy atom. The molecule has 2 N–H and O–H groups in total. The Morgan fingerprint density at radius 3 is 1.18 bits per heavy atom. The van der Waals surface area contributed by atoms with Crippen LogP contribution in [0.4, 0.5) is 0 Å². The lowest BCUT2D eigenvalue weighted by Crippen LogP contribution is -2.65. The molecule has 0 heterocycles. The molecule has 0 bridgehead atoms. The molecule has 7 heteroatoms. The minimum atomic E-state index is -3.89. The first-order valence-corrected chi connectivity index (χ1v) is 12.0. The Balaban J connectivity index is 1.83. The molecule has 0 spiro atoms. The van der Waals surface area contributed by atoms with Crippen molar-refractivity contribution in [2.24, 2.45) is 0 Å². The molecule has 0 aromatic heterocycles. The maximum absolute atomic E-state index is 13.2. The zero-order valence-corrected chi connectivity index (χ0v) is 18.4. The number of benzene rings is 4. The van der Waals surface area contributed by atoms with Crippen molar-refractivity contribution in [2.75, 3.05) is 0 Å². The molecule has 4 aromatic carbocycles. The van der Waals surface area contributed by atoms with Crippen LogP contribution in [-0.2, 0) is 8.85 Å². The molecule has 0 saturated heterocycles. The molecule has 6 nitrogen and oxygen atoms in total. The number of aromatic hydroxyl groups is 2. The van der Waals surface area contributed by atoms with Crippen LogP contribution in [0.1, 0.15) is 20.7 Å². The van der Waals surface area contributed by atoms with E-state index in [2.05, 4.69) is 0 Å². The van der Waals surface area contributed by atoms with Crippen molar-refractivity contribution in [3.05, 3.63) is 120 Å². The van der Waals surface area contributed by atoms with Gasteiger partial charge in [-0.05, 0) is 48.5 Å². The second kappa shape index (κ2) is 9.42. The molecule has 33 heavy (non-hydrogen) atoms. The average Bonchev–Trinajstić information content (AvgIpc) is 2.85. The molecule has 0 unspecified atom stereocenters. The number of hydrogen-bond donors (Lipinski definition) is 2. The molecule has 0 fully saturated rings. The summed E-state index contributed by atoms with van der Waals surface area (Å²) in [4.78, 5) is 26.4. The predicted octanol–water partition coefficient (Wildman–Crippen LogP) is 3.37. The number of rotatable bonds is 6. The summed E-state index contributed by atoms with van der Waals surface area (Å²) in [6.45, 7) is 0. The highest BCUT2D eigenvalue weighted by Crippen LogP contribution is 2.19. The molecule has 4 aromatic rings. The van der Waals surface area contributed by atoms with Crippen molar-refractivity contribution >= 4 is 30.9 Å². The van der Waals surface area contributed by atoms with Crippen LogP contribution in [0.3, 0.4) is 0 Å². The Hall–Kier alpha value is -4.36. The first kappa shape index (κ1) is 21.9. The second-order valence-corrected chi connectivity index (χ2v) is 10.0. The molecule has 0 aliphatic carbocycles. The van der Waals surface area contributed by atoms with Gasteiger partial charge in [-0.1, -0.05) is 60.7 Å². The van der Waals surface area contributed by atoms with Crippen molar-refractivity contribution in [3.8, 4) is 11.5 Å². The number of carbonyl (C=O) groups excluding carboxylic acids is 2. The summed E-state index contributed by atoms with van der Waals surface area (Å²) in [5.74, 6) is -1.35. The van der Waals surface area contributed by atoms with E-state index in [4.69, 9.17) is 8.85 Å². The Morgan fingerprint density at radius 1 is 0.515 bits per heavy atom. The van der Waals surface area contributed by atoms with Crippen molar-refractivity contribution < 1.29 is 28.7 Å². The second-order valence-electron chi connectivity index (χ2n) is 7.22. The van der Waals surface area contributed by atoms with Crippen LogP contribution < -0.4 is 10.4 Å². The molecule has 4 rings (SSSR count). The van der Waals surface area contributed by atoms with E-state index in [1.54, 1.807) is 48.5 Å². The highest BCUT2D eigenvalue weighted by atomic mass is 28.4. The maximum atomic E-state index is 13.2. The van der Waals surface area contributed by atoms with Gasteiger partial charge in [0.25, 0.3) is 0 Å². The van der Waals surface area contributed by atoms with E-state index in [9.17, 15) is 19.8 Å². The number of carbonyl (C=O) groups is 2. The lowest BCUT2D eigenvalue weighted by Gasteiger charge is -2.30. The third-order valence-electron chi connectivity index (χ3n) is 4.99. The van der Waals surface area contributed by atoms with Crippen LogP contribution in [0.5, 0.6) is 11.5 Å². The molecule has 0 aliphatic rings. The van der Waals surface area contributed by atoms with Crippen LogP contribution in [0.25, 0.3) is 0 Å². The van der Waals surface area contributed by atoms with Gasteiger partial charge in [-0.3, -0.25) is 0 Å². The lowest BCUT2D eigenvalue weighted by atomic mass is 10.2. The van der Waals surface area contributed by atoms with E-state index in [1.807, 2.05) is 12.1 Å². The summed E-state index contributed by atoms with van der Waals surface area (Å²) < 4.78 is 12.2. The number of hydrogen-bond acceptors (Lipinski definition) is 6. The van der Waals surface area contributed by atoms with E-state index >= 15 is 0 Å². The van der Waals surface area contributed by atoms with Gasteiger partial charge >= 0.3 is 20.5 Å². The van der Waals surface area contributed by atoms with Crippen molar-refractivity contribution in [1.29, 1.82) is 0 Å². The smallest absolute Gasteiger partial charge is 0.508 e. The summed E-state index contributed by atoms with van der Waals surface area (Å²) in [7, 11) is -3.89. The molecule has 164 valence electrons. The monoisotopic (exact) mass is 456 g/mol. The Labute approximate surface area is 191 Å². The average molecular weight is 457 g/mol. The lowest BCUT2D eigenvalue weighted by molar-refractivity contribution is 0.0593. The van der Waals surface area contributed by atoms with Gasteiger partial charge in [-0.2, -0.15) is 0 Å². The normalized spacial score (nSPS) is 10.9. The van der Waals surface area contributed by atoms with E-state index in [0.29, 0.717) is 10.4 Å². The molecule has 0 atom stereocenters. The Kier molecular flexibility index (Phi) is 6.23. The molecule has 0 amide bonds. The predicted molar refractivity (Wildman–Crippen MR) is 125 cm³/mol. The zero-order valence-electron chi connectivity index (χ0n) is 17.4. The van der Waals surface area contributed by atoms with Gasteiger partial charge in [0.2, 0.25) is 0 Å². The van der Waals surface area contributed by atoms with Gasteiger partial charge in [-0.25, -0.2) is 9.59 Å². The zero-order chi connectivity index (χ0) is 23.3. The Bertz CT molecular complexity index is 1140. The summed E-state index contributed by atoms with van der Waals surface area (Å²) >= 11 is 0. The molecule has 0 aliphatic heterocycles. The van der Waals surface area contributed by atoms with Crippen LogP contribution >= 0.6 is 0 Å². The fraction of sp³-hybridized carbons (Fsp3) is 0. The van der Waals surface area contributed by atoms with Crippen molar-refractivity contribution in [3.63, 3.8) is 0 Å². The van der Waals surface area contributed by atoms with Gasteiger partial charge in [0, 0.05) is 10.4 Å². The van der Waals surface area contributed by atoms with Gasteiger partial charge in [-0.15, -0.1) is 0 Å². The van der Waals surface area contributed by atoms with E-state index in [1.165, 1.54) is 48.5 Å². The highest BCUT2D eigenvalue weighted by Gasteiger charge is 2.50. The van der Waals surface area contributed by atoms with E-state index in [-0.39, 0.29) is 22.6 Å². The molecular formula is C26H20O6Si. The third kappa shape index (κ3) is 4.78. The van der Waals surface area contributed by atoms with Crippen LogP contribution in [-0.4, -0.2) is 30.7 Å². The summed E-state index contributed by atoms with van der Waals surface area (Å²) in [6.07, 6.45) is 0. The maximum Gasteiger partial charge on any atom is 0.535 e. The first-order valence-electron chi connectivity index (χ1n) is 10.1. The van der Waals surface area contributed by atoms with E-state index in [0.717, 1.165) is 0 Å². The van der Waals surface area contributed by atoms with E-state index < -0.39 is 20.5 Å². The fourth-order valence-corrected chi connectivity index (χ4v) is 6.18. The molecule has 0 radical (unpaired) electrons. The topological polar surface area (TPSA) is 93.1 Å². The van der Waals surface area contributed by atoms with Crippen LogP contribution in [0.15, 0.2) is 109 Å². The quantitative estimate of drug-likeness (QED) is 0.432. The van der Waals surface area contributed by atoms with Gasteiger partial charge in [0.05, 0.1) is 11.1 Å². The minimum Gasteiger partial charge on any atom is -0.508 e. The summed E-state index contributed by atoms with van der Waals surface area (Å²) in [6, 6.07) is 29.1. The van der Waals surface area contributed by atoms with Gasteiger partial charge in [0.15, 0.2) is 0 Å². The van der Waals surface area contributed by atoms with Crippen LogP contribution in [0, 0.1) is 0 Å². The molecule has 0 saturated carbocycles. The summed E-state index contributed by atoms with van der Waals surface area (Å²) in [5, 5.41) is 20.3. The number of phenols is 2. The third-order valence-corrected chi connectivity index (χ3v) is 8.12. The van der Waals surface area contributed by atoms with Gasteiger partial charge < -0.3 is 19.1 Å². The summed E-state index contributed by atoms with van der Waals surface area (Å²) in [5.41, 5.74) is 0.412. The molecular weight excluding hydrogens is 436 g/mol. The van der Waals surface area contributed by atoms with Crippen LogP contribution in [0.2, 0.25) is 0 Å². The highest BCUT2D eigenvalue weighted by molar-refractivity contribution is 6.94. The van der Waals surface area contributed by atoms with Crippen molar-refractivity contribution in [1.82, 2.24) is 0 Å². The largest absolute Gasteiger partial charge is 0.535 e.